The average Bonchev–Trinajstić information content (AvgIpc) is 2.65. The minimum absolute atomic E-state index is 0.0406. The van der Waals surface area contributed by atoms with Crippen molar-refractivity contribution < 1.29 is 9.59 Å². The number of nitrogens with zero attached hydrogens (tertiary/aromatic N) is 2. The van der Waals surface area contributed by atoms with Gasteiger partial charge in [0.2, 0.25) is 5.91 Å². The van der Waals surface area contributed by atoms with Crippen molar-refractivity contribution in [3.8, 4) is 0 Å². The molecule has 0 bridgehead atoms. The summed E-state index contributed by atoms with van der Waals surface area (Å²) in [4.78, 5) is 31.1. The molecule has 0 radical (unpaired) electrons. The lowest BCUT2D eigenvalue weighted by Gasteiger charge is -2.31. The lowest BCUT2D eigenvalue weighted by atomic mass is 9.96. The SMILES string of the molecule is NCCNC(=O)C1CCCN(C(=O)c2ccc3ccc(Cl)cc3n2)C1. The quantitative estimate of drug-likeness (QED) is 0.870. The summed E-state index contributed by atoms with van der Waals surface area (Å²) in [5.74, 6) is -0.390. The third-order valence-electron chi connectivity index (χ3n) is 4.40. The molecule has 1 saturated heterocycles. The van der Waals surface area contributed by atoms with Crippen LogP contribution in [-0.2, 0) is 4.79 Å². The first kappa shape index (κ1) is 17.6. The minimum atomic E-state index is -0.195. The van der Waals surface area contributed by atoms with E-state index < -0.39 is 0 Å². The highest BCUT2D eigenvalue weighted by Gasteiger charge is 2.29. The van der Waals surface area contributed by atoms with Crippen molar-refractivity contribution in [3.05, 3.63) is 41.0 Å². The summed E-state index contributed by atoms with van der Waals surface area (Å²) in [6, 6.07) is 8.99. The van der Waals surface area contributed by atoms with Crippen molar-refractivity contribution in [2.24, 2.45) is 11.7 Å². The third kappa shape index (κ3) is 4.08. The summed E-state index contributed by atoms with van der Waals surface area (Å²) in [6.07, 6.45) is 1.58. The molecule has 25 heavy (non-hydrogen) atoms. The maximum atomic E-state index is 12.8. The van der Waals surface area contributed by atoms with E-state index in [-0.39, 0.29) is 17.7 Å². The molecule has 0 aliphatic carbocycles. The van der Waals surface area contributed by atoms with E-state index in [1.54, 1.807) is 23.1 Å². The Morgan fingerprint density at radius 3 is 2.92 bits per heavy atom. The molecule has 2 amide bonds. The number of nitrogens with one attached hydrogen (secondary N) is 1. The molecule has 3 N–H and O–H groups in total. The molecule has 0 spiro atoms. The van der Waals surface area contributed by atoms with Crippen LogP contribution in [0.25, 0.3) is 10.9 Å². The summed E-state index contributed by atoms with van der Waals surface area (Å²) in [6.45, 7) is 1.90. The summed E-state index contributed by atoms with van der Waals surface area (Å²) < 4.78 is 0. The monoisotopic (exact) mass is 360 g/mol. The Morgan fingerprint density at radius 1 is 1.32 bits per heavy atom. The summed E-state index contributed by atoms with van der Waals surface area (Å²) >= 11 is 6.01. The summed E-state index contributed by atoms with van der Waals surface area (Å²) in [5, 5.41) is 4.31. The zero-order valence-electron chi connectivity index (χ0n) is 13.9. The van der Waals surface area contributed by atoms with Crippen molar-refractivity contribution >= 4 is 34.3 Å². The molecular formula is C18H21ClN4O2. The topological polar surface area (TPSA) is 88.3 Å². The Kier molecular flexibility index (Phi) is 5.50. The Labute approximate surface area is 151 Å². The first-order valence-corrected chi connectivity index (χ1v) is 8.79. The highest BCUT2D eigenvalue weighted by Crippen LogP contribution is 2.21. The van der Waals surface area contributed by atoms with Gasteiger partial charge in [-0.2, -0.15) is 0 Å². The predicted octanol–water partition coefficient (Wildman–Crippen LogP) is 1.82. The number of fused-ring (bicyclic) bond motifs is 1. The van der Waals surface area contributed by atoms with Gasteiger partial charge in [-0.3, -0.25) is 9.59 Å². The van der Waals surface area contributed by atoms with E-state index in [0.717, 1.165) is 18.2 Å². The van der Waals surface area contributed by atoms with Crippen molar-refractivity contribution in [1.82, 2.24) is 15.2 Å². The molecule has 1 aromatic carbocycles. The second kappa shape index (κ2) is 7.80. The van der Waals surface area contributed by atoms with Gasteiger partial charge in [-0.25, -0.2) is 4.98 Å². The van der Waals surface area contributed by atoms with Gasteiger partial charge in [0.05, 0.1) is 11.4 Å². The largest absolute Gasteiger partial charge is 0.355 e. The van der Waals surface area contributed by atoms with Crippen molar-refractivity contribution in [2.75, 3.05) is 26.2 Å². The van der Waals surface area contributed by atoms with Crippen LogP contribution in [0.15, 0.2) is 30.3 Å². The van der Waals surface area contributed by atoms with Crippen molar-refractivity contribution in [3.63, 3.8) is 0 Å². The number of likely N-dealkylation sites (tertiary alicyclic amines) is 1. The zero-order valence-corrected chi connectivity index (χ0v) is 14.6. The molecule has 1 aromatic heterocycles. The highest BCUT2D eigenvalue weighted by atomic mass is 35.5. The number of piperidine rings is 1. The second-order valence-corrected chi connectivity index (χ2v) is 6.64. The Balaban J connectivity index is 1.74. The van der Waals surface area contributed by atoms with E-state index in [2.05, 4.69) is 10.3 Å². The Bertz CT molecular complexity index is 796. The van der Waals surface area contributed by atoms with Crippen LogP contribution in [0.5, 0.6) is 0 Å². The molecule has 1 aliphatic rings. The smallest absolute Gasteiger partial charge is 0.272 e. The van der Waals surface area contributed by atoms with Crippen LogP contribution in [0.2, 0.25) is 5.02 Å². The number of nitrogens with two attached hydrogens (primary N) is 1. The van der Waals surface area contributed by atoms with Gasteiger partial charge < -0.3 is 16.0 Å². The molecule has 2 aromatic rings. The molecule has 7 heteroatoms. The van der Waals surface area contributed by atoms with Gasteiger partial charge in [0, 0.05) is 36.6 Å². The maximum absolute atomic E-state index is 12.8. The number of hydrogen-bond acceptors (Lipinski definition) is 4. The number of amides is 2. The van der Waals surface area contributed by atoms with Crippen LogP contribution in [0.3, 0.4) is 0 Å². The van der Waals surface area contributed by atoms with E-state index in [9.17, 15) is 9.59 Å². The first-order valence-electron chi connectivity index (χ1n) is 8.42. The van der Waals surface area contributed by atoms with Gasteiger partial charge >= 0.3 is 0 Å². The van der Waals surface area contributed by atoms with Gasteiger partial charge in [-0.1, -0.05) is 23.7 Å². The number of pyridine rings is 1. The summed E-state index contributed by atoms with van der Waals surface area (Å²) in [7, 11) is 0. The number of benzene rings is 1. The molecule has 132 valence electrons. The fourth-order valence-electron chi connectivity index (χ4n) is 3.09. The normalized spacial score (nSPS) is 17.5. The van der Waals surface area contributed by atoms with Gasteiger partial charge in [0.1, 0.15) is 5.69 Å². The fraction of sp³-hybridized carbons (Fsp3) is 0.389. The number of carbonyl (C=O) groups is 2. The lowest BCUT2D eigenvalue weighted by molar-refractivity contribution is -0.126. The number of carbonyl (C=O) groups excluding carboxylic acids is 2. The Hall–Kier alpha value is -2.18. The van der Waals surface area contributed by atoms with E-state index in [1.807, 2.05) is 12.1 Å². The number of hydrogen-bond donors (Lipinski definition) is 2. The van der Waals surface area contributed by atoms with E-state index in [1.165, 1.54) is 0 Å². The van der Waals surface area contributed by atoms with Gasteiger partial charge in [0.25, 0.3) is 5.91 Å². The molecule has 3 rings (SSSR count). The predicted molar refractivity (Wildman–Crippen MR) is 97.4 cm³/mol. The van der Waals surface area contributed by atoms with Gasteiger partial charge in [-0.15, -0.1) is 0 Å². The molecule has 1 unspecified atom stereocenters. The molecule has 6 nitrogen and oxygen atoms in total. The maximum Gasteiger partial charge on any atom is 0.272 e. The highest BCUT2D eigenvalue weighted by molar-refractivity contribution is 6.31. The van der Waals surface area contributed by atoms with E-state index in [4.69, 9.17) is 17.3 Å². The van der Waals surface area contributed by atoms with Crippen LogP contribution in [0, 0.1) is 5.92 Å². The van der Waals surface area contributed by atoms with Gasteiger partial charge in [-0.05, 0) is 31.0 Å². The van der Waals surface area contributed by atoms with Crippen LogP contribution in [0.4, 0.5) is 0 Å². The van der Waals surface area contributed by atoms with Crippen molar-refractivity contribution in [2.45, 2.75) is 12.8 Å². The molecule has 2 heterocycles. The second-order valence-electron chi connectivity index (χ2n) is 6.20. The van der Waals surface area contributed by atoms with Crippen LogP contribution in [0.1, 0.15) is 23.3 Å². The standard InChI is InChI=1S/C18H21ClN4O2/c19-14-5-3-12-4-6-15(22-16(12)10-14)18(25)23-9-1-2-13(11-23)17(24)21-8-7-20/h3-6,10,13H,1-2,7-9,11,20H2,(H,21,24). The molecular weight excluding hydrogens is 340 g/mol. The molecule has 0 saturated carbocycles. The average molecular weight is 361 g/mol. The van der Waals surface area contributed by atoms with Crippen molar-refractivity contribution in [1.29, 1.82) is 0 Å². The zero-order chi connectivity index (χ0) is 17.8. The van der Waals surface area contributed by atoms with E-state index >= 15 is 0 Å². The Morgan fingerprint density at radius 2 is 2.12 bits per heavy atom. The number of aromatic nitrogens is 1. The number of halogens is 1. The number of rotatable bonds is 4. The van der Waals surface area contributed by atoms with E-state index in [0.29, 0.717) is 42.4 Å². The first-order chi connectivity index (χ1) is 12.1. The molecule has 1 fully saturated rings. The minimum Gasteiger partial charge on any atom is -0.355 e. The van der Waals surface area contributed by atoms with Crippen LogP contribution < -0.4 is 11.1 Å². The molecule has 1 atom stereocenters. The molecule has 1 aliphatic heterocycles. The fourth-order valence-corrected chi connectivity index (χ4v) is 3.25. The van der Waals surface area contributed by atoms with Gasteiger partial charge in [0.15, 0.2) is 0 Å². The van der Waals surface area contributed by atoms with Crippen LogP contribution in [-0.4, -0.2) is 47.9 Å². The lowest BCUT2D eigenvalue weighted by Crippen LogP contribution is -2.46. The van der Waals surface area contributed by atoms with Crippen LogP contribution >= 0.6 is 11.6 Å². The summed E-state index contributed by atoms with van der Waals surface area (Å²) in [5.41, 5.74) is 6.48. The third-order valence-corrected chi connectivity index (χ3v) is 4.63.